The van der Waals surface area contributed by atoms with Crippen molar-refractivity contribution in [2.24, 2.45) is 0 Å². The van der Waals surface area contributed by atoms with Crippen LogP contribution in [0.3, 0.4) is 0 Å². The smallest absolute Gasteiger partial charge is 0.805 e. The first-order valence-electron chi connectivity index (χ1n) is 2.16. The SMILES string of the molecule is [Cu+].[O-]n1ccccc1=S. The van der Waals surface area contributed by atoms with Gasteiger partial charge in [0.2, 0.25) is 0 Å². The fraction of sp³-hybridized carbons (Fsp3) is 0. The Balaban J connectivity index is 0.000000640. The standard InChI is InChI=1S/C5H4NOS.Cu/c7-6-4-2-1-3-5(6)8;/h1-4H;/q-1;+1. The number of hydrogen-bond acceptors (Lipinski definition) is 2. The van der Waals surface area contributed by atoms with Crippen LogP contribution in [0.2, 0.25) is 0 Å². The van der Waals surface area contributed by atoms with Gasteiger partial charge in [0.05, 0.1) is 0 Å². The zero-order chi connectivity index (χ0) is 5.98. The second kappa shape index (κ2) is 3.67. The zero-order valence-corrected chi connectivity index (χ0v) is 6.13. The largest absolute Gasteiger partial charge is 1.00 e. The Bertz CT molecular complexity index is 234. The fourth-order valence-electron chi connectivity index (χ4n) is 0.413. The fourth-order valence-corrected chi connectivity index (χ4v) is 0.552. The van der Waals surface area contributed by atoms with Gasteiger partial charge < -0.3 is 9.94 Å². The molecule has 1 aromatic rings. The first-order valence-corrected chi connectivity index (χ1v) is 2.57. The van der Waals surface area contributed by atoms with Gasteiger partial charge in [0, 0.05) is 0 Å². The molecule has 0 saturated carbocycles. The molecule has 52 valence electrons. The zero-order valence-electron chi connectivity index (χ0n) is 4.37. The van der Waals surface area contributed by atoms with E-state index < -0.39 is 0 Å². The van der Waals surface area contributed by atoms with Gasteiger partial charge in [-0.25, -0.2) is 0 Å². The van der Waals surface area contributed by atoms with Crippen molar-refractivity contribution in [3.05, 3.63) is 34.2 Å². The van der Waals surface area contributed by atoms with Crippen LogP contribution in [0.5, 0.6) is 0 Å². The maximum Gasteiger partial charge on any atom is 1.00 e. The van der Waals surface area contributed by atoms with E-state index in [1.807, 2.05) is 0 Å². The molecule has 0 aromatic carbocycles. The molecule has 0 bridgehead atoms. The van der Waals surface area contributed by atoms with Crippen molar-refractivity contribution < 1.29 is 17.1 Å². The van der Waals surface area contributed by atoms with Gasteiger partial charge in [0.1, 0.15) is 4.64 Å². The van der Waals surface area contributed by atoms with Crippen LogP contribution >= 0.6 is 12.2 Å². The van der Waals surface area contributed by atoms with Crippen LogP contribution in [0.15, 0.2) is 24.4 Å². The molecule has 0 spiro atoms. The molecule has 0 radical (unpaired) electrons. The molecule has 1 rings (SSSR count). The van der Waals surface area contributed by atoms with Gasteiger partial charge in [-0.05, 0) is 18.3 Å². The normalized spacial score (nSPS) is 8.00. The Morgan fingerprint density at radius 1 is 1.44 bits per heavy atom. The molecule has 0 N–H and O–H groups in total. The van der Waals surface area contributed by atoms with Crippen molar-refractivity contribution in [2.45, 2.75) is 0 Å². The van der Waals surface area contributed by atoms with Crippen LogP contribution in [0.4, 0.5) is 0 Å². The van der Waals surface area contributed by atoms with Crippen LogP contribution in [-0.2, 0) is 17.1 Å². The van der Waals surface area contributed by atoms with E-state index in [0.717, 1.165) is 0 Å². The number of aromatic nitrogens is 1. The molecule has 0 atom stereocenters. The topological polar surface area (TPSA) is 28.0 Å². The number of rotatable bonds is 0. The van der Waals surface area contributed by atoms with Gasteiger partial charge in [-0.15, -0.1) is 0 Å². The minimum atomic E-state index is 0. The molecule has 0 aliphatic carbocycles. The van der Waals surface area contributed by atoms with E-state index >= 15 is 0 Å². The summed E-state index contributed by atoms with van der Waals surface area (Å²) in [5.41, 5.74) is 0. The van der Waals surface area contributed by atoms with Crippen LogP contribution in [-0.4, -0.2) is 4.73 Å². The third-order valence-corrected chi connectivity index (χ3v) is 1.10. The molecule has 0 aliphatic heterocycles. The molecule has 0 saturated heterocycles. The first-order chi connectivity index (χ1) is 3.80. The average molecular weight is 190 g/mol. The summed E-state index contributed by atoms with van der Waals surface area (Å²) >= 11 is 4.60. The monoisotopic (exact) mass is 189 g/mol. The molecule has 1 aromatic heterocycles. The quantitative estimate of drug-likeness (QED) is 0.458. The van der Waals surface area contributed by atoms with E-state index in [9.17, 15) is 5.21 Å². The Labute approximate surface area is 68.6 Å². The van der Waals surface area contributed by atoms with Crippen molar-refractivity contribution in [1.29, 1.82) is 0 Å². The van der Waals surface area contributed by atoms with Crippen LogP contribution < -0.4 is 0 Å². The molecule has 0 amide bonds. The van der Waals surface area contributed by atoms with E-state index in [-0.39, 0.29) is 17.1 Å². The molecule has 9 heavy (non-hydrogen) atoms. The molecule has 0 fully saturated rings. The van der Waals surface area contributed by atoms with Gasteiger partial charge in [0.15, 0.2) is 0 Å². The van der Waals surface area contributed by atoms with E-state index in [2.05, 4.69) is 12.2 Å². The molecule has 0 unspecified atom stereocenters. The Kier molecular flexibility index (Phi) is 3.54. The van der Waals surface area contributed by atoms with Crippen molar-refractivity contribution >= 4 is 12.2 Å². The summed E-state index contributed by atoms with van der Waals surface area (Å²) < 4.78 is 0.961. The van der Waals surface area contributed by atoms with E-state index in [1.54, 1.807) is 18.2 Å². The van der Waals surface area contributed by atoms with Gasteiger partial charge in [-0.1, -0.05) is 18.3 Å². The van der Waals surface area contributed by atoms with Crippen LogP contribution in [0.1, 0.15) is 0 Å². The Morgan fingerprint density at radius 2 is 2.11 bits per heavy atom. The summed E-state index contributed by atoms with van der Waals surface area (Å²) in [7, 11) is 0. The second-order valence-corrected chi connectivity index (χ2v) is 1.78. The van der Waals surface area contributed by atoms with Crippen molar-refractivity contribution in [3.8, 4) is 0 Å². The molecule has 0 aliphatic rings. The number of nitrogens with zero attached hydrogens (tertiary/aromatic N) is 1. The molecular weight excluding hydrogens is 186 g/mol. The molecule has 2 nitrogen and oxygen atoms in total. The number of pyridine rings is 1. The van der Waals surface area contributed by atoms with Crippen LogP contribution in [0.25, 0.3) is 0 Å². The minimum Gasteiger partial charge on any atom is -0.805 e. The molecular formula is C5H4CuNOS. The van der Waals surface area contributed by atoms with E-state index in [4.69, 9.17) is 0 Å². The van der Waals surface area contributed by atoms with Gasteiger partial charge >= 0.3 is 17.1 Å². The predicted octanol–water partition coefficient (Wildman–Crippen LogP) is 1.56. The summed E-state index contributed by atoms with van der Waals surface area (Å²) in [5, 5.41) is 10.4. The van der Waals surface area contributed by atoms with Gasteiger partial charge in [-0.2, -0.15) is 0 Å². The van der Waals surface area contributed by atoms with Crippen molar-refractivity contribution in [2.75, 3.05) is 0 Å². The summed E-state index contributed by atoms with van der Waals surface area (Å²) in [6.45, 7) is 0. The maximum atomic E-state index is 10.4. The van der Waals surface area contributed by atoms with E-state index in [1.165, 1.54) is 6.20 Å². The average Bonchev–Trinajstić information content (AvgIpc) is 1.77. The third-order valence-electron chi connectivity index (χ3n) is 0.789. The van der Waals surface area contributed by atoms with Gasteiger partial charge in [-0.3, -0.25) is 0 Å². The van der Waals surface area contributed by atoms with Gasteiger partial charge in [0.25, 0.3) is 0 Å². The summed E-state index contributed by atoms with van der Waals surface area (Å²) in [4.78, 5) is 0. The maximum absolute atomic E-state index is 10.4. The van der Waals surface area contributed by atoms with Crippen molar-refractivity contribution in [3.63, 3.8) is 0 Å². The third kappa shape index (κ3) is 2.18. The van der Waals surface area contributed by atoms with Crippen molar-refractivity contribution in [1.82, 2.24) is 4.73 Å². The molecule has 4 heteroatoms. The molecule has 1 heterocycles. The predicted molar refractivity (Wildman–Crippen MR) is 34.0 cm³/mol. The van der Waals surface area contributed by atoms with E-state index in [0.29, 0.717) is 9.37 Å². The number of hydrogen-bond donors (Lipinski definition) is 0. The summed E-state index contributed by atoms with van der Waals surface area (Å²) in [5.74, 6) is 0. The Hall–Kier alpha value is -0.311. The first kappa shape index (κ1) is 8.69. The minimum absolute atomic E-state index is 0. The Morgan fingerprint density at radius 3 is 2.44 bits per heavy atom. The summed E-state index contributed by atoms with van der Waals surface area (Å²) in [6.07, 6.45) is 1.38. The second-order valence-electron chi connectivity index (χ2n) is 1.36. The van der Waals surface area contributed by atoms with Crippen LogP contribution in [0, 0.1) is 9.85 Å². The summed E-state index contributed by atoms with van der Waals surface area (Å²) in [6, 6.07) is 4.96.